The molecule has 0 aromatic rings. The summed E-state index contributed by atoms with van der Waals surface area (Å²) in [6.07, 6.45) is 2.29. The molecule has 0 bridgehead atoms. The van der Waals surface area contributed by atoms with E-state index in [2.05, 4.69) is 26.1 Å². The zero-order valence-electron chi connectivity index (χ0n) is 8.65. The highest BCUT2D eigenvalue weighted by molar-refractivity contribution is 4.98. The van der Waals surface area contributed by atoms with E-state index in [0.717, 1.165) is 13.0 Å². The molecular formula is C10H21NO. The van der Waals surface area contributed by atoms with Crippen LogP contribution in [0.2, 0.25) is 0 Å². The minimum Gasteiger partial charge on any atom is -0.388 e. The average Bonchev–Trinajstić information content (AvgIpc) is 2.34. The Morgan fingerprint density at radius 2 is 1.83 bits per heavy atom. The molecule has 72 valence electrons. The van der Waals surface area contributed by atoms with Crippen molar-refractivity contribution in [2.75, 3.05) is 6.54 Å². The van der Waals surface area contributed by atoms with Crippen molar-refractivity contribution in [3.8, 4) is 0 Å². The lowest BCUT2D eigenvalue weighted by Crippen LogP contribution is -2.53. The molecule has 2 N–H and O–H groups in total. The Morgan fingerprint density at radius 3 is 2.17 bits per heavy atom. The molecule has 0 spiro atoms. The van der Waals surface area contributed by atoms with Crippen LogP contribution in [0, 0.1) is 5.41 Å². The van der Waals surface area contributed by atoms with Crippen LogP contribution in [0.4, 0.5) is 0 Å². The summed E-state index contributed by atoms with van der Waals surface area (Å²) in [7, 11) is 0. The zero-order chi connectivity index (χ0) is 9.41. The number of nitrogens with one attached hydrogen (secondary N) is 1. The van der Waals surface area contributed by atoms with Crippen molar-refractivity contribution in [2.24, 2.45) is 5.41 Å². The van der Waals surface area contributed by atoms with Crippen LogP contribution in [-0.4, -0.2) is 23.3 Å². The molecule has 1 aliphatic rings. The van der Waals surface area contributed by atoms with Gasteiger partial charge in [-0.3, -0.25) is 0 Å². The van der Waals surface area contributed by atoms with E-state index in [9.17, 15) is 5.11 Å². The van der Waals surface area contributed by atoms with Crippen molar-refractivity contribution in [2.45, 2.75) is 52.2 Å². The summed E-state index contributed by atoms with van der Waals surface area (Å²) in [5, 5.41) is 13.6. The molecule has 0 aliphatic carbocycles. The normalized spacial score (nSPS) is 30.2. The predicted octanol–water partition coefficient (Wildman–Crippen LogP) is 1.54. The maximum absolute atomic E-state index is 10.3. The quantitative estimate of drug-likeness (QED) is 0.627. The van der Waals surface area contributed by atoms with Gasteiger partial charge in [-0.1, -0.05) is 20.8 Å². The molecule has 1 saturated heterocycles. The molecule has 12 heavy (non-hydrogen) atoms. The number of rotatable bonds is 1. The standard InChI is InChI=1S/C10H21NO/c1-9(2,3)10(4,12)8-6-5-7-11-8/h8,11-12H,5-7H2,1-4H3. The fraction of sp³-hybridized carbons (Fsp3) is 1.00. The van der Waals surface area contributed by atoms with Gasteiger partial charge >= 0.3 is 0 Å². The highest BCUT2D eigenvalue weighted by Gasteiger charge is 2.43. The van der Waals surface area contributed by atoms with E-state index in [0.29, 0.717) is 0 Å². The monoisotopic (exact) mass is 171 g/mol. The first kappa shape index (κ1) is 10.0. The summed E-state index contributed by atoms with van der Waals surface area (Å²) < 4.78 is 0. The second-order valence-electron chi connectivity index (χ2n) is 5.05. The molecule has 0 saturated carbocycles. The average molecular weight is 171 g/mol. The topological polar surface area (TPSA) is 32.3 Å². The molecule has 0 aromatic heterocycles. The van der Waals surface area contributed by atoms with Crippen molar-refractivity contribution < 1.29 is 5.11 Å². The molecule has 2 nitrogen and oxygen atoms in total. The summed E-state index contributed by atoms with van der Waals surface area (Å²) in [4.78, 5) is 0. The van der Waals surface area contributed by atoms with Crippen LogP contribution < -0.4 is 5.32 Å². The molecular weight excluding hydrogens is 150 g/mol. The molecule has 2 unspecified atom stereocenters. The Kier molecular flexibility index (Phi) is 2.50. The molecule has 1 rings (SSSR count). The lowest BCUT2D eigenvalue weighted by molar-refractivity contribution is -0.0667. The molecule has 1 heterocycles. The Bertz CT molecular complexity index is 152. The maximum Gasteiger partial charge on any atom is 0.0819 e. The van der Waals surface area contributed by atoms with Crippen LogP contribution in [-0.2, 0) is 0 Å². The van der Waals surface area contributed by atoms with Crippen LogP contribution in [0.5, 0.6) is 0 Å². The smallest absolute Gasteiger partial charge is 0.0819 e. The van der Waals surface area contributed by atoms with Crippen molar-refractivity contribution in [1.82, 2.24) is 5.32 Å². The van der Waals surface area contributed by atoms with E-state index in [1.54, 1.807) is 0 Å². The molecule has 0 amide bonds. The summed E-state index contributed by atoms with van der Waals surface area (Å²) in [6.45, 7) is 9.26. The van der Waals surface area contributed by atoms with E-state index in [1.165, 1.54) is 6.42 Å². The van der Waals surface area contributed by atoms with Gasteiger partial charge in [0.25, 0.3) is 0 Å². The van der Waals surface area contributed by atoms with Gasteiger partial charge in [0.05, 0.1) is 5.60 Å². The van der Waals surface area contributed by atoms with Crippen molar-refractivity contribution in [3.05, 3.63) is 0 Å². The van der Waals surface area contributed by atoms with Gasteiger partial charge in [-0.15, -0.1) is 0 Å². The lowest BCUT2D eigenvalue weighted by atomic mass is 9.73. The van der Waals surface area contributed by atoms with Gasteiger partial charge in [0.15, 0.2) is 0 Å². The summed E-state index contributed by atoms with van der Waals surface area (Å²) in [6, 6.07) is 0.275. The first-order chi connectivity index (χ1) is 5.36. The first-order valence-electron chi connectivity index (χ1n) is 4.81. The van der Waals surface area contributed by atoms with Crippen LogP contribution in [0.15, 0.2) is 0 Å². The highest BCUT2D eigenvalue weighted by Crippen LogP contribution is 2.35. The third kappa shape index (κ3) is 1.64. The van der Waals surface area contributed by atoms with Crippen molar-refractivity contribution in [1.29, 1.82) is 0 Å². The van der Waals surface area contributed by atoms with Crippen molar-refractivity contribution in [3.63, 3.8) is 0 Å². The third-order valence-corrected chi connectivity index (χ3v) is 3.26. The SMILES string of the molecule is CC(C)(C)C(C)(O)C1CCCN1. The first-order valence-corrected chi connectivity index (χ1v) is 4.81. The second kappa shape index (κ2) is 3.00. The number of hydrogen-bond donors (Lipinski definition) is 2. The van der Waals surface area contributed by atoms with Crippen LogP contribution in [0.25, 0.3) is 0 Å². The van der Waals surface area contributed by atoms with Gasteiger partial charge in [-0.2, -0.15) is 0 Å². The van der Waals surface area contributed by atoms with Crippen molar-refractivity contribution >= 4 is 0 Å². The molecule has 2 heteroatoms. The predicted molar refractivity (Wildman–Crippen MR) is 51.1 cm³/mol. The van der Waals surface area contributed by atoms with Gasteiger partial charge in [-0.25, -0.2) is 0 Å². The van der Waals surface area contributed by atoms with E-state index in [4.69, 9.17) is 0 Å². The third-order valence-electron chi connectivity index (χ3n) is 3.26. The molecule has 2 atom stereocenters. The second-order valence-corrected chi connectivity index (χ2v) is 5.05. The zero-order valence-corrected chi connectivity index (χ0v) is 8.65. The van der Waals surface area contributed by atoms with Gasteiger partial charge in [0, 0.05) is 6.04 Å². The molecule has 0 aromatic carbocycles. The van der Waals surface area contributed by atoms with Gasteiger partial charge in [0.1, 0.15) is 0 Å². The minimum atomic E-state index is -0.594. The number of aliphatic hydroxyl groups is 1. The Morgan fingerprint density at radius 1 is 1.25 bits per heavy atom. The Balaban J connectivity index is 2.69. The Labute approximate surface area is 75.4 Å². The largest absolute Gasteiger partial charge is 0.388 e. The molecule has 1 fully saturated rings. The van der Waals surface area contributed by atoms with E-state index in [-0.39, 0.29) is 11.5 Å². The van der Waals surface area contributed by atoms with Gasteiger partial charge in [0.2, 0.25) is 0 Å². The fourth-order valence-electron chi connectivity index (χ4n) is 1.69. The van der Waals surface area contributed by atoms with E-state index >= 15 is 0 Å². The lowest BCUT2D eigenvalue weighted by Gasteiger charge is -2.41. The van der Waals surface area contributed by atoms with Crippen LogP contribution in [0.3, 0.4) is 0 Å². The van der Waals surface area contributed by atoms with Gasteiger partial charge < -0.3 is 10.4 Å². The molecule has 1 aliphatic heterocycles. The molecule has 0 radical (unpaired) electrons. The summed E-state index contributed by atoms with van der Waals surface area (Å²) in [5.74, 6) is 0. The summed E-state index contributed by atoms with van der Waals surface area (Å²) in [5.41, 5.74) is -0.640. The number of hydrogen-bond acceptors (Lipinski definition) is 2. The maximum atomic E-state index is 10.3. The van der Waals surface area contributed by atoms with E-state index in [1.807, 2.05) is 6.92 Å². The van der Waals surface area contributed by atoms with Gasteiger partial charge in [-0.05, 0) is 31.7 Å². The Hall–Kier alpha value is -0.0800. The van der Waals surface area contributed by atoms with Crippen LogP contribution in [0.1, 0.15) is 40.5 Å². The van der Waals surface area contributed by atoms with Crippen LogP contribution >= 0.6 is 0 Å². The highest BCUT2D eigenvalue weighted by atomic mass is 16.3. The fourth-order valence-corrected chi connectivity index (χ4v) is 1.69. The minimum absolute atomic E-state index is 0.0466. The van der Waals surface area contributed by atoms with E-state index < -0.39 is 5.60 Å². The summed E-state index contributed by atoms with van der Waals surface area (Å²) >= 11 is 0.